The zero-order valence-electron chi connectivity index (χ0n) is 15.8. The van der Waals surface area contributed by atoms with Gasteiger partial charge in [0.05, 0.1) is 13.7 Å². The van der Waals surface area contributed by atoms with Gasteiger partial charge in [0.25, 0.3) is 0 Å². The monoisotopic (exact) mass is 482 g/mol. The van der Waals surface area contributed by atoms with Gasteiger partial charge in [0.15, 0.2) is 5.96 Å². The van der Waals surface area contributed by atoms with E-state index in [0.717, 1.165) is 29.4 Å². The molecule has 146 valence electrons. The summed E-state index contributed by atoms with van der Waals surface area (Å²) in [5.74, 6) is 3.01. The first-order valence-corrected chi connectivity index (χ1v) is 8.93. The number of pyridine rings is 1. The van der Waals surface area contributed by atoms with Gasteiger partial charge in [0, 0.05) is 37.5 Å². The van der Waals surface area contributed by atoms with Crippen molar-refractivity contribution in [3.8, 4) is 11.6 Å². The van der Waals surface area contributed by atoms with Gasteiger partial charge in [-0.15, -0.1) is 24.0 Å². The Hall–Kier alpha value is -2.03. The standard InChI is InChI=1S/C20H26N4O2.HI/c1-21-20(24-13-17-7-5-11-22-19(17)25-2)23-12-16-6-3-4-8-18(16)26-14-15-9-10-15;/h3-8,11,15H,9-10,12-14H2,1-2H3,(H2,21,23,24);1H. The van der Waals surface area contributed by atoms with Crippen molar-refractivity contribution in [3.05, 3.63) is 53.7 Å². The second kappa shape index (κ2) is 11.0. The van der Waals surface area contributed by atoms with Crippen LogP contribution in [0.2, 0.25) is 0 Å². The summed E-state index contributed by atoms with van der Waals surface area (Å²) in [4.78, 5) is 8.49. The number of para-hydroxylation sites is 1. The molecule has 2 N–H and O–H groups in total. The van der Waals surface area contributed by atoms with Crippen LogP contribution in [-0.4, -0.2) is 31.7 Å². The van der Waals surface area contributed by atoms with Gasteiger partial charge in [-0.05, 0) is 30.9 Å². The molecule has 1 saturated carbocycles. The van der Waals surface area contributed by atoms with E-state index >= 15 is 0 Å². The number of nitrogens with zero attached hydrogens (tertiary/aromatic N) is 2. The lowest BCUT2D eigenvalue weighted by Gasteiger charge is -2.15. The Labute approximate surface area is 177 Å². The quantitative estimate of drug-likeness (QED) is 0.343. The van der Waals surface area contributed by atoms with E-state index < -0.39 is 0 Å². The van der Waals surface area contributed by atoms with Crippen LogP contribution < -0.4 is 20.1 Å². The number of hydrogen-bond acceptors (Lipinski definition) is 4. The molecule has 1 heterocycles. The Morgan fingerprint density at radius 2 is 1.81 bits per heavy atom. The average Bonchev–Trinajstić information content (AvgIpc) is 3.52. The number of aliphatic imine (C=N–C) groups is 1. The summed E-state index contributed by atoms with van der Waals surface area (Å²) < 4.78 is 11.2. The average molecular weight is 482 g/mol. The molecule has 1 fully saturated rings. The minimum Gasteiger partial charge on any atom is -0.493 e. The molecule has 2 aromatic rings. The summed E-state index contributed by atoms with van der Waals surface area (Å²) in [6, 6.07) is 12.0. The van der Waals surface area contributed by atoms with Crippen LogP contribution >= 0.6 is 24.0 Å². The smallest absolute Gasteiger partial charge is 0.218 e. The Bertz CT molecular complexity index is 750. The van der Waals surface area contributed by atoms with E-state index in [9.17, 15) is 0 Å². The highest BCUT2D eigenvalue weighted by Crippen LogP contribution is 2.30. The molecule has 0 spiro atoms. The summed E-state index contributed by atoms with van der Waals surface area (Å²) >= 11 is 0. The van der Waals surface area contributed by atoms with Gasteiger partial charge in [0.2, 0.25) is 5.88 Å². The van der Waals surface area contributed by atoms with E-state index in [4.69, 9.17) is 9.47 Å². The minimum atomic E-state index is 0. The van der Waals surface area contributed by atoms with Crippen molar-refractivity contribution in [2.45, 2.75) is 25.9 Å². The van der Waals surface area contributed by atoms with E-state index in [2.05, 4.69) is 26.7 Å². The molecular formula is C20H27IN4O2. The number of benzene rings is 1. The van der Waals surface area contributed by atoms with Crippen molar-refractivity contribution < 1.29 is 9.47 Å². The van der Waals surface area contributed by atoms with Gasteiger partial charge in [-0.1, -0.05) is 24.3 Å². The number of ether oxygens (including phenoxy) is 2. The lowest BCUT2D eigenvalue weighted by Crippen LogP contribution is -2.36. The molecule has 3 rings (SSSR count). The molecule has 0 amide bonds. The minimum absolute atomic E-state index is 0. The Morgan fingerprint density at radius 3 is 2.52 bits per heavy atom. The van der Waals surface area contributed by atoms with Crippen LogP contribution in [0, 0.1) is 5.92 Å². The van der Waals surface area contributed by atoms with E-state index in [1.165, 1.54) is 12.8 Å². The van der Waals surface area contributed by atoms with E-state index in [-0.39, 0.29) is 24.0 Å². The molecule has 0 saturated heterocycles. The van der Waals surface area contributed by atoms with Crippen molar-refractivity contribution in [3.63, 3.8) is 0 Å². The summed E-state index contributed by atoms with van der Waals surface area (Å²) in [5, 5.41) is 6.62. The van der Waals surface area contributed by atoms with Gasteiger partial charge in [-0.3, -0.25) is 4.99 Å². The van der Waals surface area contributed by atoms with Gasteiger partial charge >= 0.3 is 0 Å². The number of methoxy groups -OCH3 is 1. The van der Waals surface area contributed by atoms with Crippen molar-refractivity contribution in [2.75, 3.05) is 20.8 Å². The third-order valence-corrected chi connectivity index (χ3v) is 4.30. The van der Waals surface area contributed by atoms with Gasteiger partial charge < -0.3 is 20.1 Å². The molecule has 0 atom stereocenters. The molecule has 27 heavy (non-hydrogen) atoms. The summed E-state index contributed by atoms with van der Waals surface area (Å²) in [6.07, 6.45) is 4.29. The fourth-order valence-electron chi connectivity index (χ4n) is 2.60. The lowest BCUT2D eigenvalue weighted by molar-refractivity contribution is 0.296. The first-order chi connectivity index (χ1) is 12.8. The zero-order chi connectivity index (χ0) is 18.2. The summed E-state index contributed by atoms with van der Waals surface area (Å²) in [6.45, 7) is 2.03. The van der Waals surface area contributed by atoms with Gasteiger partial charge in [-0.25, -0.2) is 4.98 Å². The van der Waals surface area contributed by atoms with Crippen molar-refractivity contribution in [2.24, 2.45) is 10.9 Å². The second-order valence-corrected chi connectivity index (χ2v) is 6.31. The normalized spacial score (nSPS) is 13.5. The number of nitrogens with one attached hydrogen (secondary N) is 2. The molecule has 6 nitrogen and oxygen atoms in total. The largest absolute Gasteiger partial charge is 0.493 e. The first-order valence-electron chi connectivity index (χ1n) is 8.93. The maximum Gasteiger partial charge on any atom is 0.218 e. The van der Waals surface area contributed by atoms with Crippen LogP contribution in [0.15, 0.2) is 47.6 Å². The zero-order valence-corrected chi connectivity index (χ0v) is 18.1. The van der Waals surface area contributed by atoms with Crippen LogP contribution in [0.3, 0.4) is 0 Å². The molecule has 1 aromatic carbocycles. The fraction of sp³-hybridized carbons (Fsp3) is 0.400. The number of guanidine groups is 1. The maximum absolute atomic E-state index is 5.96. The Kier molecular flexibility index (Phi) is 8.63. The van der Waals surface area contributed by atoms with Crippen molar-refractivity contribution >= 4 is 29.9 Å². The predicted octanol–water partition coefficient (Wildman–Crippen LogP) is 3.36. The van der Waals surface area contributed by atoms with Crippen LogP contribution in [0.25, 0.3) is 0 Å². The lowest BCUT2D eigenvalue weighted by atomic mass is 10.2. The number of rotatable bonds is 8. The van der Waals surface area contributed by atoms with E-state index in [1.807, 2.05) is 30.3 Å². The van der Waals surface area contributed by atoms with Crippen LogP contribution in [0.1, 0.15) is 24.0 Å². The molecule has 1 aromatic heterocycles. The molecule has 1 aliphatic rings. The molecule has 0 aliphatic heterocycles. The van der Waals surface area contributed by atoms with Crippen LogP contribution in [0.5, 0.6) is 11.6 Å². The molecular weight excluding hydrogens is 455 g/mol. The summed E-state index contributed by atoms with van der Waals surface area (Å²) in [7, 11) is 3.38. The molecule has 0 radical (unpaired) electrons. The Morgan fingerprint density at radius 1 is 1.11 bits per heavy atom. The number of halogens is 1. The topological polar surface area (TPSA) is 67.8 Å². The third kappa shape index (κ3) is 6.57. The second-order valence-electron chi connectivity index (χ2n) is 6.31. The highest BCUT2D eigenvalue weighted by Gasteiger charge is 2.22. The fourth-order valence-corrected chi connectivity index (χ4v) is 2.60. The predicted molar refractivity (Wildman–Crippen MR) is 118 cm³/mol. The Balaban J connectivity index is 0.00000261. The molecule has 7 heteroatoms. The third-order valence-electron chi connectivity index (χ3n) is 4.30. The van der Waals surface area contributed by atoms with E-state index in [1.54, 1.807) is 20.4 Å². The highest BCUT2D eigenvalue weighted by molar-refractivity contribution is 14.0. The number of hydrogen-bond donors (Lipinski definition) is 2. The molecule has 0 bridgehead atoms. The maximum atomic E-state index is 5.96. The first kappa shape index (κ1) is 21.3. The van der Waals surface area contributed by atoms with Crippen LogP contribution in [-0.2, 0) is 13.1 Å². The van der Waals surface area contributed by atoms with E-state index in [0.29, 0.717) is 24.9 Å². The van der Waals surface area contributed by atoms with Crippen molar-refractivity contribution in [1.29, 1.82) is 0 Å². The van der Waals surface area contributed by atoms with Gasteiger partial charge in [-0.2, -0.15) is 0 Å². The molecule has 0 unspecified atom stereocenters. The summed E-state index contributed by atoms with van der Waals surface area (Å²) in [5.41, 5.74) is 2.10. The van der Waals surface area contributed by atoms with Gasteiger partial charge in [0.1, 0.15) is 5.75 Å². The highest BCUT2D eigenvalue weighted by atomic mass is 127. The number of aromatic nitrogens is 1. The SMILES string of the molecule is CN=C(NCc1ccccc1OCC1CC1)NCc1cccnc1OC.I. The van der Waals surface area contributed by atoms with Crippen molar-refractivity contribution in [1.82, 2.24) is 15.6 Å². The molecule has 1 aliphatic carbocycles. The van der Waals surface area contributed by atoms with Crippen LogP contribution in [0.4, 0.5) is 0 Å².